The maximum atomic E-state index is 13.1. The highest BCUT2D eigenvalue weighted by atomic mass is 16.2. The number of para-hydroxylation sites is 1. The molecule has 1 aliphatic heterocycles. The second kappa shape index (κ2) is 9.54. The van der Waals surface area contributed by atoms with Crippen LogP contribution in [0.3, 0.4) is 0 Å². The molecule has 0 N–H and O–H groups in total. The van der Waals surface area contributed by atoms with E-state index in [0.29, 0.717) is 26.2 Å². The Morgan fingerprint density at radius 3 is 2.32 bits per heavy atom. The Morgan fingerprint density at radius 1 is 0.811 bits per heavy atom. The van der Waals surface area contributed by atoms with Gasteiger partial charge >= 0.3 is 0 Å². The lowest BCUT2D eigenvalue weighted by molar-refractivity contribution is 0.0746. The van der Waals surface area contributed by atoms with E-state index in [1.807, 2.05) is 42.2 Å². The van der Waals surface area contributed by atoms with Crippen molar-refractivity contribution in [2.75, 3.05) is 31.1 Å². The van der Waals surface area contributed by atoms with Crippen LogP contribution in [0.4, 0.5) is 5.82 Å². The molecule has 184 valence electrons. The Kier molecular flexibility index (Phi) is 5.93. The van der Waals surface area contributed by atoms with Gasteiger partial charge < -0.3 is 14.4 Å². The quantitative estimate of drug-likeness (QED) is 0.328. The van der Waals surface area contributed by atoms with Crippen LogP contribution >= 0.6 is 0 Å². The van der Waals surface area contributed by atoms with Crippen LogP contribution in [0.5, 0.6) is 0 Å². The number of nitrogens with zero attached hydrogens (tertiary/aromatic N) is 5. The Labute approximate surface area is 216 Å². The van der Waals surface area contributed by atoms with Gasteiger partial charge in [0.25, 0.3) is 5.91 Å². The number of aromatic nitrogens is 3. The van der Waals surface area contributed by atoms with Crippen LogP contribution < -0.4 is 4.90 Å². The summed E-state index contributed by atoms with van der Waals surface area (Å²) in [6.07, 6.45) is 3.84. The van der Waals surface area contributed by atoms with Gasteiger partial charge in [-0.05, 0) is 43.2 Å². The van der Waals surface area contributed by atoms with Crippen LogP contribution in [0, 0.1) is 13.8 Å². The third-order valence-electron chi connectivity index (χ3n) is 7.15. The molecule has 3 aromatic carbocycles. The van der Waals surface area contributed by atoms with E-state index in [0.717, 1.165) is 44.8 Å². The fourth-order valence-corrected chi connectivity index (χ4v) is 5.22. The van der Waals surface area contributed by atoms with Gasteiger partial charge in [0, 0.05) is 49.2 Å². The monoisotopic (exact) mass is 487 g/mol. The molecule has 0 aliphatic carbocycles. The Hall–Kier alpha value is -4.45. The largest absolute Gasteiger partial charge is 0.352 e. The minimum atomic E-state index is 0.0897. The molecule has 1 fully saturated rings. The minimum absolute atomic E-state index is 0.0897. The van der Waals surface area contributed by atoms with E-state index in [1.54, 1.807) is 6.33 Å². The smallest absolute Gasteiger partial charge is 0.253 e. The second-order valence-corrected chi connectivity index (χ2v) is 9.61. The summed E-state index contributed by atoms with van der Waals surface area (Å²) in [5.41, 5.74) is 7.25. The number of carbonyl (C=O) groups excluding carboxylic acids is 1. The molecule has 0 unspecified atom stereocenters. The standard InChI is InChI=1S/C31H29N5O/c1-22-9-8-13-25(19-22)31(37)35-17-15-34(16-18-35)29-28-26(24-11-4-3-5-12-24)20-36(30(28)33-21-32-29)27-14-7-6-10-23(27)2/h3-14,19-21H,15-18H2,1-2H3. The minimum Gasteiger partial charge on any atom is -0.352 e. The molecular formula is C31H29N5O. The van der Waals surface area contributed by atoms with Crippen LogP contribution in [0.25, 0.3) is 27.8 Å². The fraction of sp³-hybridized carbons (Fsp3) is 0.194. The SMILES string of the molecule is Cc1cccc(C(=O)N2CCN(c3ncnc4c3c(-c3ccccc3)cn4-c3ccccc3C)CC2)c1. The highest BCUT2D eigenvalue weighted by molar-refractivity contribution is 6.02. The van der Waals surface area contributed by atoms with Gasteiger partial charge in [-0.25, -0.2) is 9.97 Å². The number of fused-ring (bicyclic) bond motifs is 1. The third-order valence-corrected chi connectivity index (χ3v) is 7.15. The zero-order valence-electron chi connectivity index (χ0n) is 21.1. The number of rotatable bonds is 4. The highest BCUT2D eigenvalue weighted by Gasteiger charge is 2.26. The first-order chi connectivity index (χ1) is 18.1. The lowest BCUT2D eigenvalue weighted by atomic mass is 10.1. The van der Waals surface area contributed by atoms with Gasteiger partial charge in [0.1, 0.15) is 12.1 Å². The van der Waals surface area contributed by atoms with Crippen molar-refractivity contribution in [2.45, 2.75) is 13.8 Å². The van der Waals surface area contributed by atoms with Crippen molar-refractivity contribution >= 4 is 22.8 Å². The van der Waals surface area contributed by atoms with E-state index in [-0.39, 0.29) is 5.91 Å². The number of anilines is 1. The predicted octanol–water partition coefficient (Wildman–Crippen LogP) is 5.67. The predicted molar refractivity (Wildman–Crippen MR) is 148 cm³/mol. The number of hydrogen-bond donors (Lipinski definition) is 0. The summed E-state index contributed by atoms with van der Waals surface area (Å²) in [5.74, 6) is 1.01. The summed E-state index contributed by atoms with van der Waals surface area (Å²) < 4.78 is 2.18. The van der Waals surface area contributed by atoms with Crippen molar-refractivity contribution in [3.8, 4) is 16.8 Å². The van der Waals surface area contributed by atoms with E-state index in [2.05, 4.69) is 71.1 Å². The molecule has 0 saturated carbocycles. The van der Waals surface area contributed by atoms with Crippen LogP contribution in [0.15, 0.2) is 91.4 Å². The molecule has 0 radical (unpaired) electrons. The van der Waals surface area contributed by atoms with Crippen LogP contribution in [-0.4, -0.2) is 51.5 Å². The average molecular weight is 488 g/mol. The first kappa shape index (κ1) is 23.0. The van der Waals surface area contributed by atoms with Crippen LogP contribution in [0.1, 0.15) is 21.5 Å². The molecule has 0 bridgehead atoms. The molecule has 2 aromatic heterocycles. The van der Waals surface area contributed by atoms with Crippen molar-refractivity contribution in [3.63, 3.8) is 0 Å². The van der Waals surface area contributed by atoms with Gasteiger partial charge in [-0.15, -0.1) is 0 Å². The summed E-state index contributed by atoms with van der Waals surface area (Å²) in [7, 11) is 0. The number of hydrogen-bond acceptors (Lipinski definition) is 4. The highest BCUT2D eigenvalue weighted by Crippen LogP contribution is 2.37. The lowest BCUT2D eigenvalue weighted by Gasteiger charge is -2.35. The number of piperazine rings is 1. The van der Waals surface area contributed by atoms with E-state index in [9.17, 15) is 4.79 Å². The second-order valence-electron chi connectivity index (χ2n) is 9.61. The van der Waals surface area contributed by atoms with Crippen molar-refractivity contribution in [2.24, 2.45) is 0 Å². The molecular weight excluding hydrogens is 458 g/mol. The van der Waals surface area contributed by atoms with Crippen molar-refractivity contribution < 1.29 is 4.79 Å². The van der Waals surface area contributed by atoms with Crippen LogP contribution in [-0.2, 0) is 0 Å². The van der Waals surface area contributed by atoms with Gasteiger partial charge in [-0.2, -0.15) is 0 Å². The third kappa shape index (κ3) is 4.25. The number of amides is 1. The number of aryl methyl sites for hydroxylation is 2. The summed E-state index contributed by atoms with van der Waals surface area (Å²) in [4.78, 5) is 26.9. The average Bonchev–Trinajstić information content (AvgIpc) is 3.33. The molecule has 6 nitrogen and oxygen atoms in total. The molecule has 1 amide bonds. The fourth-order valence-electron chi connectivity index (χ4n) is 5.22. The summed E-state index contributed by atoms with van der Waals surface area (Å²) >= 11 is 0. The maximum Gasteiger partial charge on any atom is 0.253 e. The molecule has 0 atom stereocenters. The first-order valence-corrected chi connectivity index (χ1v) is 12.7. The Morgan fingerprint density at radius 2 is 1.57 bits per heavy atom. The van der Waals surface area contributed by atoms with Crippen molar-refractivity contribution in [1.82, 2.24) is 19.4 Å². The number of benzene rings is 3. The van der Waals surface area contributed by atoms with Gasteiger partial charge in [0.15, 0.2) is 5.65 Å². The normalized spacial score (nSPS) is 13.8. The van der Waals surface area contributed by atoms with Crippen molar-refractivity contribution in [1.29, 1.82) is 0 Å². The Balaban J connectivity index is 1.38. The molecule has 6 heteroatoms. The summed E-state index contributed by atoms with van der Waals surface area (Å²) in [6.45, 7) is 6.87. The molecule has 0 spiro atoms. The topological polar surface area (TPSA) is 54.3 Å². The van der Waals surface area contributed by atoms with Gasteiger partial charge in [0.2, 0.25) is 0 Å². The van der Waals surface area contributed by atoms with E-state index >= 15 is 0 Å². The molecule has 6 rings (SSSR count). The van der Waals surface area contributed by atoms with Gasteiger partial charge in [-0.1, -0.05) is 66.2 Å². The maximum absolute atomic E-state index is 13.1. The van der Waals surface area contributed by atoms with Crippen molar-refractivity contribution in [3.05, 3.63) is 108 Å². The zero-order valence-corrected chi connectivity index (χ0v) is 21.1. The van der Waals surface area contributed by atoms with E-state index in [1.165, 1.54) is 5.56 Å². The van der Waals surface area contributed by atoms with Crippen LogP contribution in [0.2, 0.25) is 0 Å². The molecule has 37 heavy (non-hydrogen) atoms. The van der Waals surface area contributed by atoms with Gasteiger partial charge in [-0.3, -0.25) is 4.79 Å². The first-order valence-electron chi connectivity index (χ1n) is 12.7. The summed E-state index contributed by atoms with van der Waals surface area (Å²) in [5, 5.41) is 1.04. The van der Waals surface area contributed by atoms with Gasteiger partial charge in [0.05, 0.1) is 5.39 Å². The molecule has 5 aromatic rings. The van der Waals surface area contributed by atoms with E-state index < -0.39 is 0 Å². The Bertz CT molecular complexity index is 1580. The van der Waals surface area contributed by atoms with E-state index in [4.69, 9.17) is 9.97 Å². The summed E-state index contributed by atoms with van der Waals surface area (Å²) in [6, 6.07) is 26.6. The molecule has 1 saturated heterocycles. The zero-order chi connectivity index (χ0) is 25.4. The molecule has 1 aliphatic rings. The molecule has 3 heterocycles. The number of carbonyl (C=O) groups is 1. The lowest BCUT2D eigenvalue weighted by Crippen LogP contribution is -2.49.